The molecule has 11 heteroatoms. The third-order valence-corrected chi connectivity index (χ3v) is 8.45. The van der Waals surface area contributed by atoms with Gasteiger partial charge in [0.15, 0.2) is 29.6 Å². The van der Waals surface area contributed by atoms with Gasteiger partial charge in [-0.15, -0.1) is 0 Å². The van der Waals surface area contributed by atoms with Crippen molar-refractivity contribution < 1.29 is 41.3 Å². The zero-order chi connectivity index (χ0) is 35.2. The largest absolute Gasteiger partial charge is 0.392 e. The van der Waals surface area contributed by atoms with Crippen LogP contribution in [0.15, 0.2) is 109 Å². The van der Waals surface area contributed by atoms with Crippen molar-refractivity contribution in [2.75, 3.05) is 11.9 Å². The highest BCUT2D eigenvalue weighted by Crippen LogP contribution is 2.39. The molecular weight excluding hydrogens is 655 g/mol. The summed E-state index contributed by atoms with van der Waals surface area (Å²) < 4.78 is 82.3. The van der Waals surface area contributed by atoms with Crippen LogP contribution >= 0.6 is 0 Å². The predicted molar refractivity (Wildman–Crippen MR) is 176 cm³/mol. The molecule has 258 valence electrons. The zero-order valence-corrected chi connectivity index (χ0v) is 26.7. The van der Waals surface area contributed by atoms with Crippen molar-refractivity contribution in [2.45, 2.75) is 44.6 Å². The number of anilines is 1. The number of halogens is 5. The fourth-order valence-corrected chi connectivity index (χ4v) is 5.91. The van der Waals surface area contributed by atoms with Crippen LogP contribution in [-0.4, -0.2) is 28.6 Å². The minimum Gasteiger partial charge on any atom is -0.392 e. The Hall–Kier alpha value is -4.94. The Labute approximate surface area is 285 Å². The smallest absolute Gasteiger partial charge is 0.261 e. The van der Waals surface area contributed by atoms with E-state index < -0.39 is 46.8 Å². The first-order valence-electron chi connectivity index (χ1n) is 15.9. The van der Waals surface area contributed by atoms with E-state index in [9.17, 15) is 31.9 Å². The molecule has 0 bridgehead atoms. The molecule has 0 spiro atoms. The first-order valence-corrected chi connectivity index (χ1v) is 15.9. The van der Waals surface area contributed by atoms with Crippen molar-refractivity contribution in [2.24, 2.45) is 0 Å². The van der Waals surface area contributed by atoms with Crippen LogP contribution in [0, 0.1) is 29.1 Å². The first kappa shape index (κ1) is 34.9. The fourth-order valence-electron chi connectivity index (χ4n) is 5.91. The van der Waals surface area contributed by atoms with Crippen LogP contribution < -0.4 is 5.32 Å². The van der Waals surface area contributed by atoms with Crippen LogP contribution in [-0.2, 0) is 29.2 Å². The maximum atomic E-state index is 14.2. The lowest BCUT2D eigenvalue weighted by Gasteiger charge is -2.38. The fraction of sp³-hybridized carbons (Fsp3) is 0.205. The van der Waals surface area contributed by atoms with Crippen molar-refractivity contribution in [3.05, 3.63) is 172 Å². The van der Waals surface area contributed by atoms with E-state index in [0.29, 0.717) is 31.6 Å². The Balaban J connectivity index is 1.24. The molecule has 5 aromatic rings. The summed E-state index contributed by atoms with van der Waals surface area (Å²) in [4.78, 5) is 14.9. The quantitative estimate of drug-likeness (QED) is 0.0830. The van der Waals surface area contributed by atoms with Gasteiger partial charge in [-0.05, 0) is 34.4 Å². The number of nitrogens with one attached hydrogen (secondary N) is 1. The third kappa shape index (κ3) is 8.09. The molecular formula is C39H33F5N2O4. The number of nitrogens with zero attached hydrogens (tertiary/aromatic N) is 1. The molecule has 1 amide bonds. The summed E-state index contributed by atoms with van der Waals surface area (Å²) in [6.07, 6.45) is -0.996. The highest BCUT2D eigenvalue weighted by Gasteiger charge is 2.34. The SMILES string of the molecule is O=C(Nc1ccc([C@H]2O[C@@H](CN(Cc3ccccc3)Cc3ccccc3)C[C@@H](c3ccc(CO)cc3)O2)cc1)c1c(F)c(F)c(F)c(F)c1F. The number of amides is 1. The maximum absolute atomic E-state index is 14.2. The molecule has 3 atom stereocenters. The standard InChI is InChI=1S/C39H33F5N2O4/c40-33-32(34(41)36(43)37(44)35(33)42)38(48)45-29-17-15-28(16-18-29)39-49-30(19-31(50-39)27-13-11-26(23-47)12-14-27)22-46(20-24-7-3-1-4-8-24)21-25-9-5-2-6-10-25/h1-18,30-31,39,47H,19-23H2,(H,45,48)/t30-,31+,39+/m1/s1. The maximum Gasteiger partial charge on any atom is 0.261 e. The van der Waals surface area contributed by atoms with Crippen molar-refractivity contribution >= 4 is 11.6 Å². The van der Waals surface area contributed by atoms with Gasteiger partial charge in [0.1, 0.15) is 5.56 Å². The monoisotopic (exact) mass is 688 g/mol. The average molecular weight is 689 g/mol. The second-order valence-corrected chi connectivity index (χ2v) is 12.0. The molecule has 1 aliphatic rings. The van der Waals surface area contributed by atoms with E-state index in [1.54, 1.807) is 12.1 Å². The van der Waals surface area contributed by atoms with Gasteiger partial charge in [0.05, 0.1) is 18.8 Å². The summed E-state index contributed by atoms with van der Waals surface area (Å²) in [5.41, 5.74) is 2.97. The van der Waals surface area contributed by atoms with E-state index in [1.807, 2.05) is 60.7 Å². The first-order chi connectivity index (χ1) is 24.2. The summed E-state index contributed by atoms with van der Waals surface area (Å²) in [6, 6.07) is 33.7. The van der Waals surface area contributed by atoms with Crippen molar-refractivity contribution in [1.82, 2.24) is 4.90 Å². The minimum absolute atomic E-state index is 0.0445. The van der Waals surface area contributed by atoms with Crippen molar-refractivity contribution in [3.63, 3.8) is 0 Å². The lowest BCUT2D eigenvalue weighted by molar-refractivity contribution is -0.253. The van der Waals surface area contributed by atoms with Crippen LogP contribution in [0.5, 0.6) is 0 Å². The van der Waals surface area contributed by atoms with E-state index in [1.165, 1.54) is 12.1 Å². The lowest BCUT2D eigenvalue weighted by atomic mass is 9.99. The summed E-state index contributed by atoms with van der Waals surface area (Å²) in [5, 5.41) is 11.7. The topological polar surface area (TPSA) is 71.0 Å². The molecule has 5 aromatic carbocycles. The lowest BCUT2D eigenvalue weighted by Crippen LogP contribution is -2.39. The molecule has 0 unspecified atom stereocenters. The van der Waals surface area contributed by atoms with Gasteiger partial charge in [-0.25, -0.2) is 22.0 Å². The number of ether oxygens (including phenoxy) is 2. The van der Waals surface area contributed by atoms with Crippen LogP contribution in [0.4, 0.5) is 27.6 Å². The van der Waals surface area contributed by atoms with Gasteiger partial charge >= 0.3 is 0 Å². The van der Waals surface area contributed by atoms with Crippen molar-refractivity contribution in [1.29, 1.82) is 0 Å². The van der Waals surface area contributed by atoms with Gasteiger partial charge in [0.25, 0.3) is 5.91 Å². The zero-order valence-electron chi connectivity index (χ0n) is 26.7. The highest BCUT2D eigenvalue weighted by molar-refractivity contribution is 6.04. The number of hydrogen-bond acceptors (Lipinski definition) is 5. The van der Waals surface area contributed by atoms with E-state index in [4.69, 9.17) is 9.47 Å². The Kier molecular flexibility index (Phi) is 11.0. The van der Waals surface area contributed by atoms with Gasteiger partial charge < -0.3 is 19.9 Å². The molecule has 1 heterocycles. The summed E-state index contributed by atoms with van der Waals surface area (Å²) >= 11 is 0. The Morgan fingerprint density at radius 3 is 1.72 bits per heavy atom. The molecule has 1 aliphatic heterocycles. The van der Waals surface area contributed by atoms with Gasteiger partial charge in [0.2, 0.25) is 5.82 Å². The van der Waals surface area contributed by atoms with Crippen LogP contribution in [0.25, 0.3) is 0 Å². The van der Waals surface area contributed by atoms with Crippen LogP contribution in [0.3, 0.4) is 0 Å². The Bertz CT molecular complexity index is 1840. The summed E-state index contributed by atoms with van der Waals surface area (Å²) in [5.74, 6) is -12.7. The number of aliphatic hydroxyl groups excluding tert-OH is 1. The molecule has 1 fully saturated rings. The number of hydrogen-bond donors (Lipinski definition) is 2. The third-order valence-electron chi connectivity index (χ3n) is 8.45. The van der Waals surface area contributed by atoms with E-state index in [-0.39, 0.29) is 24.5 Å². The van der Waals surface area contributed by atoms with Crippen LogP contribution in [0.2, 0.25) is 0 Å². The molecule has 2 N–H and O–H groups in total. The highest BCUT2D eigenvalue weighted by atomic mass is 19.2. The molecule has 0 aromatic heterocycles. The molecule has 0 aliphatic carbocycles. The van der Waals surface area contributed by atoms with Gasteiger partial charge in [-0.2, -0.15) is 0 Å². The average Bonchev–Trinajstić information content (AvgIpc) is 3.14. The number of benzene rings is 5. The summed E-state index contributed by atoms with van der Waals surface area (Å²) in [6.45, 7) is 1.81. The molecule has 50 heavy (non-hydrogen) atoms. The molecule has 0 radical (unpaired) electrons. The van der Waals surface area contributed by atoms with E-state index in [2.05, 4.69) is 34.5 Å². The van der Waals surface area contributed by atoms with Gasteiger partial charge in [0, 0.05) is 37.3 Å². The predicted octanol–water partition coefficient (Wildman–Crippen LogP) is 8.37. The normalized spacial score (nSPS) is 17.5. The molecule has 6 nitrogen and oxygen atoms in total. The Morgan fingerprint density at radius 1 is 0.660 bits per heavy atom. The number of aliphatic hydroxyl groups is 1. The van der Waals surface area contributed by atoms with E-state index in [0.717, 1.165) is 22.3 Å². The molecule has 0 saturated carbocycles. The van der Waals surface area contributed by atoms with Gasteiger partial charge in [-0.1, -0.05) is 97.1 Å². The number of carbonyl (C=O) groups is 1. The number of rotatable bonds is 11. The van der Waals surface area contributed by atoms with Gasteiger partial charge in [-0.3, -0.25) is 9.69 Å². The van der Waals surface area contributed by atoms with E-state index >= 15 is 0 Å². The minimum atomic E-state index is -2.35. The molecule has 6 rings (SSSR count). The molecule has 1 saturated heterocycles. The second kappa shape index (κ2) is 15.7. The number of carbonyl (C=O) groups excluding carboxylic acids is 1. The Morgan fingerprint density at radius 2 is 1.18 bits per heavy atom. The van der Waals surface area contributed by atoms with Crippen LogP contribution in [0.1, 0.15) is 57.0 Å². The van der Waals surface area contributed by atoms with Crippen molar-refractivity contribution in [3.8, 4) is 0 Å². The second-order valence-electron chi connectivity index (χ2n) is 12.0. The summed E-state index contributed by atoms with van der Waals surface area (Å²) in [7, 11) is 0.